The van der Waals surface area contributed by atoms with Gasteiger partial charge in [0.1, 0.15) is 10.6 Å². The van der Waals surface area contributed by atoms with Crippen LogP contribution in [0, 0.1) is 0 Å². The van der Waals surface area contributed by atoms with Gasteiger partial charge in [-0.25, -0.2) is 17.9 Å². The van der Waals surface area contributed by atoms with E-state index in [1.807, 2.05) is 6.07 Å². The second-order valence-electron chi connectivity index (χ2n) is 4.65. The number of nitrogens with zero attached hydrogens (tertiary/aromatic N) is 1. The normalized spacial score (nSPS) is 11.9. The van der Waals surface area contributed by atoms with E-state index < -0.39 is 16.0 Å². The summed E-state index contributed by atoms with van der Waals surface area (Å²) in [6.07, 6.45) is 1.13. The van der Waals surface area contributed by atoms with Crippen molar-refractivity contribution in [2.75, 3.05) is 0 Å². The molecule has 23 heavy (non-hydrogen) atoms. The molecule has 3 rings (SSSR count). The molecule has 0 amide bonds. The summed E-state index contributed by atoms with van der Waals surface area (Å²) >= 11 is 7.19. The van der Waals surface area contributed by atoms with Crippen molar-refractivity contribution < 1.29 is 18.3 Å². The molecule has 7 nitrogen and oxygen atoms in total. The van der Waals surface area contributed by atoms with Gasteiger partial charge in [-0.05, 0) is 35.8 Å². The Bertz CT molecular complexity index is 994. The van der Waals surface area contributed by atoms with Crippen molar-refractivity contribution in [2.45, 2.75) is 11.4 Å². The lowest BCUT2D eigenvalue weighted by molar-refractivity contribution is 0.0691. The number of nitrogens with one attached hydrogen (secondary N) is 2. The number of fused-ring (bicyclic) bond motifs is 1. The van der Waals surface area contributed by atoms with Gasteiger partial charge < -0.3 is 10.1 Å². The van der Waals surface area contributed by atoms with Crippen molar-refractivity contribution in [1.82, 2.24) is 14.1 Å². The Morgan fingerprint density at radius 3 is 2.87 bits per heavy atom. The third kappa shape index (κ3) is 3.22. The van der Waals surface area contributed by atoms with Crippen molar-refractivity contribution >= 4 is 49.2 Å². The molecular formula is C13H10ClN3O4S2. The predicted octanol–water partition coefficient (Wildman–Crippen LogP) is 2.45. The first-order chi connectivity index (χ1) is 10.9. The Kier molecular flexibility index (Phi) is 4.11. The SMILES string of the molecule is O=C(O)c1cc(S(=O)(=O)NCc2nsc3ccc(Cl)cc23)c[nH]1. The lowest BCUT2D eigenvalue weighted by atomic mass is 10.2. The molecule has 3 aromatic rings. The molecule has 0 spiro atoms. The minimum Gasteiger partial charge on any atom is -0.477 e. The average Bonchev–Trinajstić information content (AvgIpc) is 3.12. The Hall–Kier alpha value is -1.94. The molecule has 0 bridgehead atoms. The molecule has 10 heteroatoms. The summed E-state index contributed by atoms with van der Waals surface area (Å²) in [6.45, 7) is -0.0176. The molecule has 3 N–H and O–H groups in total. The van der Waals surface area contributed by atoms with Crippen molar-refractivity contribution in [1.29, 1.82) is 0 Å². The fraction of sp³-hybridized carbons (Fsp3) is 0.0769. The van der Waals surface area contributed by atoms with Gasteiger partial charge >= 0.3 is 5.97 Å². The maximum Gasteiger partial charge on any atom is 0.352 e. The highest BCUT2D eigenvalue weighted by molar-refractivity contribution is 7.89. The van der Waals surface area contributed by atoms with Gasteiger partial charge in [-0.3, -0.25) is 0 Å². The second-order valence-corrected chi connectivity index (χ2v) is 7.66. The zero-order valence-corrected chi connectivity index (χ0v) is 13.8. The van der Waals surface area contributed by atoms with Crippen LogP contribution in [-0.2, 0) is 16.6 Å². The summed E-state index contributed by atoms with van der Waals surface area (Å²) in [5, 5.41) is 10.1. The lowest BCUT2D eigenvalue weighted by Crippen LogP contribution is -2.23. The van der Waals surface area contributed by atoms with E-state index in [1.54, 1.807) is 12.1 Å². The van der Waals surface area contributed by atoms with Crippen LogP contribution in [0.5, 0.6) is 0 Å². The topological polar surface area (TPSA) is 112 Å². The Morgan fingerprint density at radius 1 is 1.39 bits per heavy atom. The van der Waals surface area contributed by atoms with E-state index in [9.17, 15) is 13.2 Å². The molecule has 0 atom stereocenters. The van der Waals surface area contributed by atoms with Crippen molar-refractivity contribution in [2.24, 2.45) is 0 Å². The number of carbonyl (C=O) groups is 1. The molecule has 0 aliphatic carbocycles. The molecule has 0 aliphatic heterocycles. The van der Waals surface area contributed by atoms with Crippen LogP contribution in [0.1, 0.15) is 16.2 Å². The number of aromatic amines is 1. The molecule has 0 radical (unpaired) electrons. The number of sulfonamides is 1. The van der Waals surface area contributed by atoms with Gasteiger partial charge in [-0.1, -0.05) is 11.6 Å². The number of benzene rings is 1. The van der Waals surface area contributed by atoms with E-state index in [0.29, 0.717) is 10.7 Å². The number of hydrogen-bond donors (Lipinski definition) is 3. The average molecular weight is 372 g/mol. The molecule has 0 saturated carbocycles. The van der Waals surface area contributed by atoms with E-state index >= 15 is 0 Å². The summed E-state index contributed by atoms with van der Waals surface area (Å²) < 4.78 is 31.9. The van der Waals surface area contributed by atoms with Gasteiger partial charge in [0.15, 0.2) is 0 Å². The van der Waals surface area contributed by atoms with Crippen molar-refractivity contribution in [3.8, 4) is 0 Å². The van der Waals surface area contributed by atoms with Crippen LogP contribution >= 0.6 is 23.1 Å². The molecule has 0 saturated heterocycles. The first-order valence-corrected chi connectivity index (χ1v) is 8.95. The lowest BCUT2D eigenvalue weighted by Gasteiger charge is -2.03. The van der Waals surface area contributed by atoms with Crippen LogP contribution in [0.15, 0.2) is 35.4 Å². The van der Waals surface area contributed by atoms with E-state index in [0.717, 1.165) is 22.3 Å². The van der Waals surface area contributed by atoms with Crippen LogP contribution < -0.4 is 4.72 Å². The highest BCUT2D eigenvalue weighted by Crippen LogP contribution is 2.26. The zero-order valence-electron chi connectivity index (χ0n) is 11.4. The van der Waals surface area contributed by atoms with Gasteiger partial charge in [-0.2, -0.15) is 4.37 Å². The molecular weight excluding hydrogens is 362 g/mol. The third-order valence-electron chi connectivity index (χ3n) is 3.13. The van der Waals surface area contributed by atoms with Crippen molar-refractivity contribution in [3.63, 3.8) is 0 Å². The summed E-state index contributed by atoms with van der Waals surface area (Å²) in [6, 6.07) is 6.34. The highest BCUT2D eigenvalue weighted by Gasteiger charge is 2.19. The standard InChI is InChI=1S/C13H10ClN3O4S2/c14-7-1-2-12-9(3-7)11(17-22-12)6-16-23(20,21)8-4-10(13(18)19)15-5-8/h1-5,15-16H,6H2,(H,18,19). The Morgan fingerprint density at radius 2 is 2.17 bits per heavy atom. The summed E-state index contributed by atoms with van der Waals surface area (Å²) in [5.41, 5.74) is 0.362. The van der Waals surface area contributed by atoms with Crippen LogP contribution in [0.3, 0.4) is 0 Å². The van der Waals surface area contributed by atoms with Crippen LogP contribution in [-0.4, -0.2) is 28.9 Å². The molecule has 2 heterocycles. The van der Waals surface area contributed by atoms with Gasteiger partial charge in [0.25, 0.3) is 0 Å². The Balaban J connectivity index is 1.83. The van der Waals surface area contributed by atoms with Gasteiger partial charge in [0, 0.05) is 16.6 Å². The molecule has 0 unspecified atom stereocenters. The van der Waals surface area contributed by atoms with Crippen LogP contribution in [0.4, 0.5) is 0 Å². The number of carboxylic acid groups (broad SMARTS) is 1. The smallest absolute Gasteiger partial charge is 0.352 e. The Labute approximate surface area is 140 Å². The van der Waals surface area contributed by atoms with Gasteiger partial charge in [0.05, 0.1) is 16.9 Å². The quantitative estimate of drug-likeness (QED) is 0.637. The maximum absolute atomic E-state index is 12.2. The second kappa shape index (κ2) is 5.93. The largest absolute Gasteiger partial charge is 0.477 e. The van der Waals surface area contributed by atoms with E-state index in [2.05, 4.69) is 14.1 Å². The summed E-state index contributed by atoms with van der Waals surface area (Å²) in [5.74, 6) is -1.23. The number of H-pyrrole nitrogens is 1. The number of hydrogen-bond acceptors (Lipinski definition) is 5. The van der Waals surface area contributed by atoms with E-state index in [-0.39, 0.29) is 17.1 Å². The number of aromatic nitrogens is 2. The first kappa shape index (κ1) is 15.9. The summed E-state index contributed by atoms with van der Waals surface area (Å²) in [7, 11) is -3.84. The fourth-order valence-electron chi connectivity index (χ4n) is 1.99. The molecule has 0 aliphatic rings. The van der Waals surface area contributed by atoms with Gasteiger partial charge in [-0.15, -0.1) is 0 Å². The maximum atomic E-state index is 12.2. The molecule has 2 aromatic heterocycles. The number of aromatic carboxylic acids is 1. The summed E-state index contributed by atoms with van der Waals surface area (Å²) in [4.78, 5) is 13.0. The number of halogens is 1. The number of carboxylic acids is 1. The van der Waals surface area contributed by atoms with Gasteiger partial charge in [0.2, 0.25) is 10.0 Å². The van der Waals surface area contributed by atoms with Crippen molar-refractivity contribution in [3.05, 3.63) is 46.9 Å². The molecule has 0 fully saturated rings. The van der Waals surface area contributed by atoms with Crippen LogP contribution in [0.25, 0.3) is 10.1 Å². The fourth-order valence-corrected chi connectivity index (χ4v) is 3.92. The molecule has 120 valence electrons. The third-order valence-corrected chi connectivity index (χ3v) is 5.61. The minimum atomic E-state index is -3.84. The first-order valence-electron chi connectivity index (χ1n) is 6.32. The highest BCUT2D eigenvalue weighted by atomic mass is 35.5. The predicted molar refractivity (Wildman–Crippen MR) is 86.4 cm³/mol. The number of rotatable bonds is 5. The van der Waals surface area contributed by atoms with E-state index in [4.69, 9.17) is 16.7 Å². The monoisotopic (exact) mass is 371 g/mol. The van der Waals surface area contributed by atoms with E-state index in [1.165, 1.54) is 11.5 Å². The zero-order chi connectivity index (χ0) is 16.6. The minimum absolute atomic E-state index is 0.0176. The molecule has 1 aromatic carbocycles. The van der Waals surface area contributed by atoms with Crippen LogP contribution in [0.2, 0.25) is 5.02 Å².